The Morgan fingerprint density at radius 3 is 2.93 bits per heavy atom. The lowest BCUT2D eigenvalue weighted by molar-refractivity contribution is 0.534. The second-order valence-corrected chi connectivity index (χ2v) is 3.23. The fourth-order valence-corrected chi connectivity index (χ4v) is 1.54. The zero-order valence-corrected chi connectivity index (χ0v) is 9.19. The summed E-state index contributed by atoms with van der Waals surface area (Å²) in [5.41, 5.74) is 0.983. The molecule has 1 heterocycles. The van der Waals surface area contributed by atoms with E-state index in [2.05, 4.69) is 24.1 Å². The minimum absolute atomic E-state index is 0.165. The van der Waals surface area contributed by atoms with Crippen LogP contribution in [0.2, 0.25) is 5.22 Å². The molecule has 2 nitrogen and oxygen atoms in total. The van der Waals surface area contributed by atoms with Gasteiger partial charge in [-0.1, -0.05) is 6.92 Å². The van der Waals surface area contributed by atoms with Crippen molar-refractivity contribution < 1.29 is 4.42 Å². The summed E-state index contributed by atoms with van der Waals surface area (Å²) in [6, 6.07) is 2.05. The van der Waals surface area contributed by atoms with Crippen molar-refractivity contribution in [1.82, 2.24) is 5.32 Å². The van der Waals surface area contributed by atoms with Gasteiger partial charge in [0.1, 0.15) is 0 Å². The quantitative estimate of drug-likeness (QED) is 0.775. The zero-order valence-electron chi connectivity index (χ0n) is 8.43. The first-order chi connectivity index (χ1) is 6.79. The third kappa shape index (κ3) is 2.80. The molecule has 3 heteroatoms. The Labute approximate surface area is 89.6 Å². The molecule has 0 saturated heterocycles. The molecule has 0 fully saturated rings. The topological polar surface area (TPSA) is 25.2 Å². The number of nitrogens with one attached hydrogen (secondary N) is 1. The summed E-state index contributed by atoms with van der Waals surface area (Å²) < 4.78 is 5.05. The van der Waals surface area contributed by atoms with Crippen LogP contribution >= 0.6 is 11.6 Å². The van der Waals surface area contributed by atoms with Gasteiger partial charge < -0.3 is 9.73 Å². The van der Waals surface area contributed by atoms with Gasteiger partial charge in [-0.05, 0) is 31.1 Å². The van der Waals surface area contributed by atoms with Gasteiger partial charge in [-0.2, -0.15) is 0 Å². The molecule has 1 aromatic heterocycles. The maximum atomic E-state index is 5.89. The Bertz CT molecular complexity index is 335. The van der Waals surface area contributed by atoms with Crippen molar-refractivity contribution in [2.75, 3.05) is 6.54 Å². The van der Waals surface area contributed by atoms with Crippen LogP contribution in [0.25, 0.3) is 0 Å². The van der Waals surface area contributed by atoms with Crippen molar-refractivity contribution >= 4 is 11.6 Å². The molecule has 0 radical (unpaired) electrons. The molecule has 1 atom stereocenters. The van der Waals surface area contributed by atoms with Crippen LogP contribution in [0.5, 0.6) is 0 Å². The molecule has 14 heavy (non-hydrogen) atoms. The maximum Gasteiger partial charge on any atom is 0.197 e. The van der Waals surface area contributed by atoms with Gasteiger partial charge in [-0.15, -0.1) is 11.8 Å². The molecule has 76 valence electrons. The second kappa shape index (κ2) is 5.74. The van der Waals surface area contributed by atoms with Gasteiger partial charge in [0, 0.05) is 18.0 Å². The SMILES string of the molecule is CC#CCC(NCC)c1ccoc1Cl. The highest BCUT2D eigenvalue weighted by atomic mass is 35.5. The van der Waals surface area contributed by atoms with Crippen LogP contribution in [0.4, 0.5) is 0 Å². The first-order valence-corrected chi connectivity index (χ1v) is 5.03. The highest BCUT2D eigenvalue weighted by molar-refractivity contribution is 6.29. The van der Waals surface area contributed by atoms with Crippen molar-refractivity contribution in [2.45, 2.75) is 26.3 Å². The first kappa shape index (κ1) is 11.2. The van der Waals surface area contributed by atoms with Gasteiger partial charge >= 0.3 is 0 Å². The molecule has 0 amide bonds. The smallest absolute Gasteiger partial charge is 0.197 e. The number of halogens is 1. The van der Waals surface area contributed by atoms with Crippen molar-refractivity contribution in [3.8, 4) is 11.8 Å². The summed E-state index contributed by atoms with van der Waals surface area (Å²) in [7, 11) is 0. The average Bonchev–Trinajstić information content (AvgIpc) is 2.59. The molecule has 0 spiro atoms. The van der Waals surface area contributed by atoms with Crippen LogP contribution in [-0.4, -0.2) is 6.54 Å². The Morgan fingerprint density at radius 2 is 2.43 bits per heavy atom. The zero-order chi connectivity index (χ0) is 10.4. The summed E-state index contributed by atoms with van der Waals surface area (Å²) in [6.07, 6.45) is 2.35. The van der Waals surface area contributed by atoms with Crippen molar-refractivity contribution in [3.63, 3.8) is 0 Å². The van der Waals surface area contributed by atoms with E-state index >= 15 is 0 Å². The Kier molecular flexibility index (Phi) is 4.58. The molecule has 1 N–H and O–H groups in total. The molecule has 0 aromatic carbocycles. The Morgan fingerprint density at radius 1 is 1.64 bits per heavy atom. The van der Waals surface area contributed by atoms with Gasteiger partial charge in [-0.3, -0.25) is 0 Å². The van der Waals surface area contributed by atoms with E-state index in [-0.39, 0.29) is 6.04 Å². The number of rotatable bonds is 4. The molecule has 0 bridgehead atoms. The molecule has 0 aliphatic rings. The molecule has 1 rings (SSSR count). The van der Waals surface area contributed by atoms with Crippen LogP contribution in [0, 0.1) is 11.8 Å². The highest BCUT2D eigenvalue weighted by Crippen LogP contribution is 2.25. The van der Waals surface area contributed by atoms with Crippen LogP contribution in [0.15, 0.2) is 16.7 Å². The number of hydrogen-bond donors (Lipinski definition) is 1. The first-order valence-electron chi connectivity index (χ1n) is 4.65. The number of hydrogen-bond acceptors (Lipinski definition) is 2. The molecule has 0 aliphatic heterocycles. The monoisotopic (exact) mass is 211 g/mol. The number of furan rings is 1. The van der Waals surface area contributed by atoms with E-state index in [1.54, 1.807) is 6.26 Å². The maximum absolute atomic E-state index is 5.89. The Balaban J connectivity index is 2.75. The van der Waals surface area contributed by atoms with E-state index in [0.29, 0.717) is 5.22 Å². The van der Waals surface area contributed by atoms with E-state index in [0.717, 1.165) is 18.5 Å². The van der Waals surface area contributed by atoms with Crippen LogP contribution < -0.4 is 5.32 Å². The minimum atomic E-state index is 0.165. The van der Waals surface area contributed by atoms with Crippen molar-refractivity contribution in [1.29, 1.82) is 0 Å². The normalized spacial score (nSPS) is 11.9. The summed E-state index contributed by atoms with van der Waals surface area (Å²) in [6.45, 7) is 4.78. The summed E-state index contributed by atoms with van der Waals surface area (Å²) in [4.78, 5) is 0. The summed E-state index contributed by atoms with van der Waals surface area (Å²) >= 11 is 5.89. The predicted molar refractivity (Wildman–Crippen MR) is 58.2 cm³/mol. The lowest BCUT2D eigenvalue weighted by atomic mass is 10.1. The molecule has 0 saturated carbocycles. The van der Waals surface area contributed by atoms with Gasteiger partial charge in [0.2, 0.25) is 0 Å². The van der Waals surface area contributed by atoms with E-state index in [1.165, 1.54) is 0 Å². The van der Waals surface area contributed by atoms with E-state index in [9.17, 15) is 0 Å². The van der Waals surface area contributed by atoms with Gasteiger partial charge in [-0.25, -0.2) is 0 Å². The molecular weight excluding hydrogens is 198 g/mol. The van der Waals surface area contributed by atoms with E-state index < -0.39 is 0 Å². The van der Waals surface area contributed by atoms with Crippen LogP contribution in [0.1, 0.15) is 31.9 Å². The fraction of sp³-hybridized carbons (Fsp3) is 0.455. The van der Waals surface area contributed by atoms with Crippen LogP contribution in [-0.2, 0) is 0 Å². The lowest BCUT2D eigenvalue weighted by Crippen LogP contribution is -2.20. The minimum Gasteiger partial charge on any atom is -0.453 e. The van der Waals surface area contributed by atoms with Crippen molar-refractivity contribution in [2.24, 2.45) is 0 Å². The van der Waals surface area contributed by atoms with E-state index in [1.807, 2.05) is 13.0 Å². The molecule has 1 unspecified atom stereocenters. The van der Waals surface area contributed by atoms with Gasteiger partial charge in [0.25, 0.3) is 0 Å². The highest BCUT2D eigenvalue weighted by Gasteiger charge is 2.14. The Hall–Kier alpha value is -0.910. The average molecular weight is 212 g/mol. The van der Waals surface area contributed by atoms with Gasteiger partial charge in [0.05, 0.1) is 6.26 Å². The molecular formula is C11H14ClNO. The van der Waals surface area contributed by atoms with Gasteiger partial charge in [0.15, 0.2) is 5.22 Å². The van der Waals surface area contributed by atoms with Crippen LogP contribution in [0.3, 0.4) is 0 Å². The summed E-state index contributed by atoms with van der Waals surface area (Å²) in [5, 5.41) is 3.77. The molecule has 1 aromatic rings. The van der Waals surface area contributed by atoms with Crippen molar-refractivity contribution in [3.05, 3.63) is 23.1 Å². The second-order valence-electron chi connectivity index (χ2n) is 2.89. The largest absolute Gasteiger partial charge is 0.453 e. The summed E-state index contributed by atoms with van der Waals surface area (Å²) in [5.74, 6) is 5.91. The molecule has 0 aliphatic carbocycles. The lowest BCUT2D eigenvalue weighted by Gasteiger charge is -2.13. The standard InChI is InChI=1S/C11H14ClNO/c1-3-5-6-10(13-4-2)9-7-8-14-11(9)12/h7-8,10,13H,4,6H2,1-2H3. The fourth-order valence-electron chi connectivity index (χ4n) is 1.30. The predicted octanol–water partition coefficient (Wildman–Crippen LogP) is 3.00. The van der Waals surface area contributed by atoms with E-state index in [4.69, 9.17) is 16.0 Å². The third-order valence-electron chi connectivity index (χ3n) is 1.95. The third-order valence-corrected chi connectivity index (χ3v) is 2.26.